The molecule has 0 aromatic heterocycles. The standard InChI is InChI=1S/C17H23NO2/c1-2-20-16(19)17(9-10-17)15-8-11-18(13-15)12-14-6-4-3-5-7-14/h3-7,15H,2,8-13H2,1H3. The predicted molar refractivity (Wildman–Crippen MR) is 78.1 cm³/mol. The number of ether oxygens (including phenoxy) is 1. The monoisotopic (exact) mass is 273 g/mol. The maximum Gasteiger partial charge on any atom is 0.312 e. The van der Waals surface area contributed by atoms with Crippen LogP contribution in [0.15, 0.2) is 30.3 Å². The van der Waals surface area contributed by atoms with Gasteiger partial charge in [-0.05, 0) is 44.2 Å². The zero-order valence-electron chi connectivity index (χ0n) is 12.2. The van der Waals surface area contributed by atoms with Gasteiger partial charge < -0.3 is 4.74 Å². The smallest absolute Gasteiger partial charge is 0.312 e. The van der Waals surface area contributed by atoms with Gasteiger partial charge in [-0.1, -0.05) is 30.3 Å². The van der Waals surface area contributed by atoms with Crippen molar-refractivity contribution in [3.05, 3.63) is 35.9 Å². The molecule has 1 atom stereocenters. The van der Waals surface area contributed by atoms with Crippen LogP contribution in [0.5, 0.6) is 0 Å². The third kappa shape index (κ3) is 2.59. The van der Waals surface area contributed by atoms with Crippen molar-refractivity contribution in [2.45, 2.75) is 32.7 Å². The predicted octanol–water partition coefficient (Wildman–Crippen LogP) is 2.85. The SMILES string of the molecule is CCOC(=O)C1(C2CCN(Cc3ccccc3)C2)CC1. The van der Waals surface area contributed by atoms with E-state index in [0.29, 0.717) is 12.5 Å². The summed E-state index contributed by atoms with van der Waals surface area (Å²) in [5.74, 6) is 0.539. The average molecular weight is 273 g/mol. The third-order valence-electron chi connectivity index (χ3n) is 4.77. The van der Waals surface area contributed by atoms with E-state index in [1.54, 1.807) is 0 Å². The molecule has 2 aliphatic rings. The largest absolute Gasteiger partial charge is 0.466 e. The molecular formula is C17H23NO2. The molecule has 0 amide bonds. The molecule has 1 saturated carbocycles. The lowest BCUT2D eigenvalue weighted by molar-refractivity contribution is -0.151. The molecule has 0 radical (unpaired) electrons. The first-order chi connectivity index (χ1) is 9.74. The van der Waals surface area contributed by atoms with Gasteiger partial charge in [0.25, 0.3) is 0 Å². The second kappa shape index (κ2) is 5.57. The number of hydrogen-bond acceptors (Lipinski definition) is 3. The van der Waals surface area contributed by atoms with Gasteiger partial charge in [-0.25, -0.2) is 0 Å². The van der Waals surface area contributed by atoms with Crippen LogP contribution in [0.25, 0.3) is 0 Å². The van der Waals surface area contributed by atoms with E-state index < -0.39 is 0 Å². The summed E-state index contributed by atoms with van der Waals surface area (Å²) in [6.45, 7) is 5.52. The van der Waals surface area contributed by atoms with E-state index in [1.165, 1.54) is 5.56 Å². The van der Waals surface area contributed by atoms with Gasteiger partial charge in [0.15, 0.2) is 0 Å². The quantitative estimate of drug-likeness (QED) is 0.773. The Bertz CT molecular complexity index is 467. The van der Waals surface area contributed by atoms with Crippen molar-refractivity contribution >= 4 is 5.97 Å². The van der Waals surface area contributed by atoms with E-state index in [4.69, 9.17) is 4.74 Å². The minimum Gasteiger partial charge on any atom is -0.466 e. The second-order valence-electron chi connectivity index (χ2n) is 6.08. The van der Waals surface area contributed by atoms with Crippen molar-refractivity contribution in [2.75, 3.05) is 19.7 Å². The molecule has 108 valence electrons. The van der Waals surface area contributed by atoms with Crippen LogP contribution in [0.2, 0.25) is 0 Å². The highest BCUT2D eigenvalue weighted by atomic mass is 16.5. The van der Waals surface area contributed by atoms with Crippen molar-refractivity contribution in [3.8, 4) is 0 Å². The molecule has 0 bridgehead atoms. The Kier molecular flexibility index (Phi) is 3.79. The number of carbonyl (C=O) groups excluding carboxylic acids is 1. The van der Waals surface area contributed by atoms with E-state index in [-0.39, 0.29) is 11.4 Å². The summed E-state index contributed by atoms with van der Waals surface area (Å²) in [5, 5.41) is 0. The van der Waals surface area contributed by atoms with Gasteiger partial charge in [0.05, 0.1) is 12.0 Å². The Morgan fingerprint density at radius 1 is 1.35 bits per heavy atom. The normalized spacial score (nSPS) is 24.6. The maximum atomic E-state index is 12.1. The van der Waals surface area contributed by atoms with Crippen LogP contribution in [-0.2, 0) is 16.1 Å². The zero-order chi connectivity index (χ0) is 14.0. The van der Waals surface area contributed by atoms with Gasteiger partial charge >= 0.3 is 5.97 Å². The molecule has 1 heterocycles. The molecule has 1 aliphatic heterocycles. The Morgan fingerprint density at radius 2 is 2.10 bits per heavy atom. The summed E-state index contributed by atoms with van der Waals surface area (Å²) in [5.41, 5.74) is 1.22. The molecule has 1 aromatic carbocycles. The second-order valence-corrected chi connectivity index (χ2v) is 6.08. The summed E-state index contributed by atoms with van der Waals surface area (Å²) in [6, 6.07) is 10.6. The van der Waals surface area contributed by atoms with Gasteiger partial charge in [-0.3, -0.25) is 9.69 Å². The Labute approximate surface area is 120 Å². The van der Waals surface area contributed by atoms with E-state index >= 15 is 0 Å². The lowest BCUT2D eigenvalue weighted by atomic mass is 9.88. The summed E-state index contributed by atoms with van der Waals surface area (Å²) >= 11 is 0. The summed E-state index contributed by atoms with van der Waals surface area (Å²) < 4.78 is 5.28. The van der Waals surface area contributed by atoms with Gasteiger partial charge in [0.2, 0.25) is 0 Å². The van der Waals surface area contributed by atoms with Crippen LogP contribution >= 0.6 is 0 Å². The fraction of sp³-hybridized carbons (Fsp3) is 0.588. The van der Waals surface area contributed by atoms with Crippen LogP contribution < -0.4 is 0 Å². The molecule has 1 unspecified atom stereocenters. The number of benzene rings is 1. The Balaban J connectivity index is 1.59. The molecule has 0 N–H and O–H groups in total. The molecular weight excluding hydrogens is 250 g/mol. The minimum absolute atomic E-state index is 0.0477. The van der Waals surface area contributed by atoms with Crippen LogP contribution in [0.1, 0.15) is 31.7 Å². The van der Waals surface area contributed by atoms with Gasteiger partial charge in [-0.15, -0.1) is 0 Å². The van der Waals surface area contributed by atoms with Gasteiger partial charge in [0.1, 0.15) is 0 Å². The Morgan fingerprint density at radius 3 is 2.75 bits per heavy atom. The molecule has 0 spiro atoms. The first-order valence-electron chi connectivity index (χ1n) is 7.68. The van der Waals surface area contributed by atoms with Crippen molar-refractivity contribution in [2.24, 2.45) is 11.3 Å². The maximum absolute atomic E-state index is 12.1. The summed E-state index contributed by atoms with van der Waals surface area (Å²) in [6.07, 6.45) is 3.18. The number of esters is 1. The minimum atomic E-state index is -0.137. The molecule has 2 fully saturated rings. The lowest BCUT2D eigenvalue weighted by Gasteiger charge is -2.22. The van der Waals surface area contributed by atoms with Crippen LogP contribution in [0, 0.1) is 11.3 Å². The molecule has 3 rings (SSSR count). The molecule has 3 heteroatoms. The zero-order valence-corrected chi connectivity index (χ0v) is 12.2. The molecule has 3 nitrogen and oxygen atoms in total. The summed E-state index contributed by atoms with van der Waals surface area (Å²) in [4.78, 5) is 14.6. The average Bonchev–Trinajstić information content (AvgIpc) is 3.15. The van der Waals surface area contributed by atoms with Crippen molar-refractivity contribution < 1.29 is 9.53 Å². The third-order valence-corrected chi connectivity index (χ3v) is 4.77. The molecule has 1 aromatic rings. The fourth-order valence-electron chi connectivity index (χ4n) is 3.46. The fourth-order valence-corrected chi connectivity index (χ4v) is 3.46. The number of hydrogen-bond donors (Lipinski definition) is 0. The highest BCUT2D eigenvalue weighted by molar-refractivity contribution is 5.80. The molecule has 1 saturated heterocycles. The number of rotatable bonds is 5. The first kappa shape index (κ1) is 13.6. The van der Waals surface area contributed by atoms with Gasteiger partial charge in [-0.2, -0.15) is 0 Å². The lowest BCUT2D eigenvalue weighted by Crippen LogP contribution is -2.30. The van der Waals surface area contributed by atoms with Crippen molar-refractivity contribution in [3.63, 3.8) is 0 Å². The van der Waals surface area contributed by atoms with Crippen molar-refractivity contribution in [1.29, 1.82) is 0 Å². The van der Waals surface area contributed by atoms with Crippen LogP contribution in [-0.4, -0.2) is 30.6 Å². The topological polar surface area (TPSA) is 29.5 Å². The van der Waals surface area contributed by atoms with Crippen molar-refractivity contribution in [1.82, 2.24) is 4.90 Å². The highest BCUT2D eigenvalue weighted by Crippen LogP contribution is 2.55. The number of likely N-dealkylation sites (tertiary alicyclic amines) is 1. The Hall–Kier alpha value is -1.35. The van der Waals surface area contributed by atoms with E-state index in [2.05, 4.69) is 35.2 Å². The van der Waals surface area contributed by atoms with E-state index in [9.17, 15) is 4.79 Å². The molecule has 20 heavy (non-hydrogen) atoms. The summed E-state index contributed by atoms with van der Waals surface area (Å²) in [7, 11) is 0. The number of nitrogens with zero attached hydrogens (tertiary/aromatic N) is 1. The van der Waals surface area contributed by atoms with E-state index in [0.717, 1.165) is 38.9 Å². The van der Waals surface area contributed by atoms with Crippen LogP contribution in [0.3, 0.4) is 0 Å². The highest BCUT2D eigenvalue weighted by Gasteiger charge is 2.57. The molecule has 1 aliphatic carbocycles. The van der Waals surface area contributed by atoms with Crippen LogP contribution in [0.4, 0.5) is 0 Å². The van der Waals surface area contributed by atoms with E-state index in [1.807, 2.05) is 6.92 Å². The number of carbonyl (C=O) groups is 1. The first-order valence-corrected chi connectivity index (χ1v) is 7.68. The van der Waals surface area contributed by atoms with Gasteiger partial charge in [0, 0.05) is 13.1 Å².